The highest BCUT2D eigenvalue weighted by molar-refractivity contribution is 14.1. The van der Waals surface area contributed by atoms with Crippen molar-refractivity contribution in [1.82, 2.24) is 0 Å². The number of halogens is 4. The van der Waals surface area contributed by atoms with E-state index in [1.807, 2.05) is 22.6 Å². The predicted octanol–water partition coefficient (Wildman–Crippen LogP) is 3.98. The van der Waals surface area contributed by atoms with Gasteiger partial charge < -0.3 is 0 Å². The Morgan fingerprint density at radius 2 is 1.75 bits per heavy atom. The van der Waals surface area contributed by atoms with Crippen molar-refractivity contribution in [2.75, 3.05) is 0 Å². The number of carbonyl (C=O) groups is 1. The fourth-order valence-electron chi connectivity index (χ4n) is 0.673. The van der Waals surface area contributed by atoms with Crippen LogP contribution in [0.1, 0.15) is 10.4 Å². The highest BCUT2D eigenvalue weighted by Crippen LogP contribution is 2.27. The van der Waals surface area contributed by atoms with Gasteiger partial charge in [0.25, 0.3) is 5.24 Å². The summed E-state index contributed by atoms with van der Waals surface area (Å²) in [6.07, 6.45) is 0. The van der Waals surface area contributed by atoms with Gasteiger partial charge in [-0.2, -0.15) is 0 Å². The van der Waals surface area contributed by atoms with E-state index in [1.165, 1.54) is 6.07 Å². The summed E-state index contributed by atoms with van der Waals surface area (Å²) in [5, 5.41) is 0.224. The quantitative estimate of drug-likeness (QED) is 0.431. The molecule has 0 amide bonds. The normalized spacial score (nSPS) is 10.0. The van der Waals surface area contributed by atoms with Gasteiger partial charge in [0.15, 0.2) is 0 Å². The topological polar surface area (TPSA) is 17.1 Å². The fraction of sp³-hybridized carbons (Fsp3) is 0. The van der Waals surface area contributed by atoms with E-state index in [0.29, 0.717) is 19.2 Å². The maximum atomic E-state index is 10.8. The van der Waals surface area contributed by atoms with Crippen molar-refractivity contribution < 1.29 is 4.79 Å². The van der Waals surface area contributed by atoms with E-state index in [2.05, 4.69) is 0 Å². The van der Waals surface area contributed by atoms with Crippen LogP contribution in [0.5, 0.6) is 0 Å². The molecule has 0 N–H and O–H groups in total. The monoisotopic (exact) mass is 334 g/mol. The summed E-state index contributed by atoms with van der Waals surface area (Å²) in [6, 6.07) is 3.06. The molecule has 0 heterocycles. The van der Waals surface area contributed by atoms with E-state index in [-0.39, 0.29) is 0 Å². The van der Waals surface area contributed by atoms with Crippen LogP contribution >= 0.6 is 57.4 Å². The van der Waals surface area contributed by atoms with Crippen molar-refractivity contribution in [3.63, 3.8) is 0 Å². The minimum atomic E-state index is -0.530. The second-order valence-electron chi connectivity index (χ2n) is 2.02. The molecule has 1 aromatic rings. The van der Waals surface area contributed by atoms with Crippen LogP contribution in [0.15, 0.2) is 12.1 Å². The zero-order valence-electron chi connectivity index (χ0n) is 5.57. The lowest BCUT2D eigenvalue weighted by Crippen LogP contribution is -1.93. The molecule has 0 aliphatic rings. The molecule has 0 unspecified atom stereocenters. The van der Waals surface area contributed by atoms with Gasteiger partial charge in [0, 0.05) is 9.13 Å². The van der Waals surface area contributed by atoms with Crippen molar-refractivity contribution in [2.24, 2.45) is 0 Å². The smallest absolute Gasteiger partial charge is 0.253 e. The standard InChI is InChI=1S/C7H2Cl3IO/c8-4-1-3(7(10)12)6(11)2-5(4)9/h1-2H. The average Bonchev–Trinajstić information content (AvgIpc) is 1.96. The summed E-state index contributed by atoms with van der Waals surface area (Å²) in [4.78, 5) is 10.8. The van der Waals surface area contributed by atoms with Gasteiger partial charge in [-0.3, -0.25) is 4.79 Å². The van der Waals surface area contributed by atoms with E-state index < -0.39 is 5.24 Å². The van der Waals surface area contributed by atoms with Crippen molar-refractivity contribution in [2.45, 2.75) is 0 Å². The van der Waals surface area contributed by atoms with Crippen LogP contribution in [-0.2, 0) is 0 Å². The molecule has 0 aromatic heterocycles. The van der Waals surface area contributed by atoms with Gasteiger partial charge in [-0.05, 0) is 46.3 Å². The lowest BCUT2D eigenvalue weighted by Gasteiger charge is -2.00. The zero-order valence-corrected chi connectivity index (χ0v) is 10.0. The Labute approximate surface area is 98.1 Å². The van der Waals surface area contributed by atoms with Gasteiger partial charge >= 0.3 is 0 Å². The molecule has 0 fully saturated rings. The Morgan fingerprint density at radius 1 is 1.25 bits per heavy atom. The van der Waals surface area contributed by atoms with Crippen LogP contribution < -0.4 is 0 Å². The molecule has 1 nitrogen and oxygen atoms in total. The van der Waals surface area contributed by atoms with Crippen molar-refractivity contribution in [1.29, 1.82) is 0 Å². The van der Waals surface area contributed by atoms with Gasteiger partial charge in [-0.1, -0.05) is 23.2 Å². The van der Waals surface area contributed by atoms with Crippen LogP contribution in [0.2, 0.25) is 10.0 Å². The molecule has 5 heteroatoms. The molecule has 0 bridgehead atoms. The van der Waals surface area contributed by atoms with E-state index in [0.717, 1.165) is 0 Å². The van der Waals surface area contributed by atoms with Crippen molar-refractivity contribution in [3.05, 3.63) is 31.3 Å². The first-order chi connectivity index (χ1) is 5.52. The molecule has 1 aromatic carbocycles. The third kappa shape index (κ3) is 2.25. The lowest BCUT2D eigenvalue weighted by atomic mass is 10.2. The van der Waals surface area contributed by atoms with Crippen LogP contribution in [0, 0.1) is 3.57 Å². The van der Waals surface area contributed by atoms with Gasteiger partial charge in [-0.15, -0.1) is 0 Å². The number of hydrogen-bond donors (Lipinski definition) is 0. The first kappa shape index (κ1) is 10.6. The molecule has 0 aliphatic carbocycles. The lowest BCUT2D eigenvalue weighted by molar-refractivity contribution is 0.108. The summed E-state index contributed by atoms with van der Waals surface area (Å²) in [6.45, 7) is 0. The fourth-order valence-corrected chi connectivity index (χ4v) is 2.21. The van der Waals surface area contributed by atoms with Crippen molar-refractivity contribution in [3.8, 4) is 0 Å². The Balaban J connectivity index is 3.33. The first-order valence-corrected chi connectivity index (χ1v) is 5.08. The first-order valence-electron chi connectivity index (χ1n) is 2.86. The number of rotatable bonds is 1. The molecular weight excluding hydrogens is 333 g/mol. The van der Waals surface area contributed by atoms with Crippen molar-refractivity contribution >= 4 is 62.6 Å². The SMILES string of the molecule is O=C(Cl)c1cc(Cl)c(Cl)cc1I. The largest absolute Gasteiger partial charge is 0.276 e. The summed E-state index contributed by atoms with van der Waals surface area (Å²) < 4.78 is 0.696. The summed E-state index contributed by atoms with van der Waals surface area (Å²) in [7, 11) is 0. The minimum absolute atomic E-state index is 0.334. The maximum Gasteiger partial charge on any atom is 0.253 e. The molecule has 0 atom stereocenters. The molecule has 0 radical (unpaired) electrons. The molecule has 0 spiro atoms. The van der Waals surface area contributed by atoms with E-state index in [9.17, 15) is 4.79 Å². The Kier molecular flexibility index (Phi) is 3.64. The Hall–Kier alpha value is 0.490. The molecule has 0 saturated carbocycles. The van der Waals surface area contributed by atoms with Crippen LogP contribution in [0.4, 0.5) is 0 Å². The summed E-state index contributed by atoms with van der Waals surface area (Å²) >= 11 is 18.6. The summed E-state index contributed by atoms with van der Waals surface area (Å²) in [5.41, 5.74) is 0.381. The number of benzene rings is 1. The molecule has 12 heavy (non-hydrogen) atoms. The highest BCUT2D eigenvalue weighted by atomic mass is 127. The number of hydrogen-bond acceptors (Lipinski definition) is 1. The minimum Gasteiger partial charge on any atom is -0.276 e. The third-order valence-corrected chi connectivity index (χ3v) is 3.04. The maximum absolute atomic E-state index is 10.8. The van der Waals surface area contributed by atoms with Crippen LogP contribution in [0.25, 0.3) is 0 Å². The van der Waals surface area contributed by atoms with E-state index in [4.69, 9.17) is 34.8 Å². The van der Waals surface area contributed by atoms with Crippen LogP contribution in [0.3, 0.4) is 0 Å². The second kappa shape index (κ2) is 4.13. The van der Waals surface area contributed by atoms with Gasteiger partial charge in [0.2, 0.25) is 0 Å². The molecule has 0 aliphatic heterocycles. The highest BCUT2D eigenvalue weighted by Gasteiger charge is 2.10. The molecular formula is C7H2Cl3IO. The van der Waals surface area contributed by atoms with Gasteiger partial charge in [0.1, 0.15) is 0 Å². The molecule has 0 saturated heterocycles. The van der Waals surface area contributed by atoms with E-state index >= 15 is 0 Å². The Bertz CT molecular complexity index is 338. The third-order valence-electron chi connectivity index (χ3n) is 1.22. The van der Waals surface area contributed by atoms with Crippen LogP contribution in [-0.4, -0.2) is 5.24 Å². The zero-order chi connectivity index (χ0) is 9.30. The predicted molar refractivity (Wildman–Crippen MR) is 59.4 cm³/mol. The summed E-state index contributed by atoms with van der Waals surface area (Å²) in [5.74, 6) is 0. The molecule has 1 rings (SSSR count). The van der Waals surface area contributed by atoms with Gasteiger partial charge in [0.05, 0.1) is 10.0 Å². The van der Waals surface area contributed by atoms with E-state index in [1.54, 1.807) is 6.07 Å². The molecule has 64 valence electrons. The number of carbonyl (C=O) groups excluding carboxylic acids is 1. The second-order valence-corrected chi connectivity index (χ2v) is 4.34. The average molecular weight is 335 g/mol. The Morgan fingerprint density at radius 3 is 2.25 bits per heavy atom. The van der Waals surface area contributed by atoms with Gasteiger partial charge in [-0.25, -0.2) is 0 Å².